The molecule has 1 aromatic rings. The molecule has 0 saturated heterocycles. The summed E-state index contributed by atoms with van der Waals surface area (Å²) in [5, 5.41) is 3.67. The molecule has 0 aliphatic heterocycles. The molecule has 4 nitrogen and oxygen atoms in total. The van der Waals surface area contributed by atoms with Crippen LogP contribution in [0.2, 0.25) is 5.02 Å². The van der Waals surface area contributed by atoms with Crippen LogP contribution in [0.1, 0.15) is 31.9 Å². The van der Waals surface area contributed by atoms with Gasteiger partial charge in [-0.25, -0.2) is 0 Å². The van der Waals surface area contributed by atoms with Gasteiger partial charge >= 0.3 is 0 Å². The summed E-state index contributed by atoms with van der Waals surface area (Å²) >= 11 is 6.21. The average Bonchev–Trinajstić information content (AvgIpc) is 2.43. The van der Waals surface area contributed by atoms with Crippen molar-refractivity contribution in [2.45, 2.75) is 32.4 Å². The van der Waals surface area contributed by atoms with Gasteiger partial charge in [-0.3, -0.25) is 4.79 Å². The summed E-state index contributed by atoms with van der Waals surface area (Å²) in [5.74, 6) is 0.152. The van der Waals surface area contributed by atoms with E-state index in [0.29, 0.717) is 11.6 Å². The van der Waals surface area contributed by atoms with Gasteiger partial charge in [-0.2, -0.15) is 0 Å². The molecule has 1 rings (SSSR count). The summed E-state index contributed by atoms with van der Waals surface area (Å²) in [7, 11) is 1.55. The predicted octanol–water partition coefficient (Wildman–Crippen LogP) is 2.52. The second-order valence-corrected chi connectivity index (χ2v) is 5.52. The Balaban J connectivity index is 2.79. The van der Waals surface area contributed by atoms with Gasteiger partial charge in [0.05, 0.1) is 18.6 Å². The Morgan fingerprint density at radius 2 is 2.05 bits per heavy atom. The molecule has 112 valence electrons. The number of halogens is 1. The molecule has 0 aromatic heterocycles. The molecule has 0 heterocycles. The number of amides is 1. The highest BCUT2D eigenvalue weighted by Gasteiger charge is 2.21. The lowest BCUT2D eigenvalue weighted by atomic mass is 9.95. The van der Waals surface area contributed by atoms with Gasteiger partial charge in [0.1, 0.15) is 0 Å². The number of hydrogen-bond donors (Lipinski definition) is 2. The van der Waals surface area contributed by atoms with Gasteiger partial charge in [0.15, 0.2) is 0 Å². The summed E-state index contributed by atoms with van der Waals surface area (Å²) < 4.78 is 5.13. The summed E-state index contributed by atoms with van der Waals surface area (Å²) in [5.41, 5.74) is 6.46. The average molecular weight is 299 g/mol. The maximum atomic E-state index is 12.1. The van der Waals surface area contributed by atoms with Crippen LogP contribution in [-0.4, -0.2) is 25.7 Å². The SMILES string of the molecule is COC(CN)CC(=O)NC(c1ccccc1Cl)C(C)C. The van der Waals surface area contributed by atoms with Crippen LogP contribution >= 0.6 is 11.6 Å². The minimum absolute atomic E-state index is 0.0825. The number of nitrogens with one attached hydrogen (secondary N) is 1. The molecule has 0 aliphatic rings. The van der Waals surface area contributed by atoms with Crippen molar-refractivity contribution in [2.24, 2.45) is 11.7 Å². The lowest BCUT2D eigenvalue weighted by molar-refractivity contribution is -0.124. The first-order valence-corrected chi connectivity index (χ1v) is 7.14. The minimum Gasteiger partial charge on any atom is -0.380 e. The van der Waals surface area contributed by atoms with Gasteiger partial charge in [0.25, 0.3) is 0 Å². The quantitative estimate of drug-likeness (QED) is 0.813. The molecule has 3 N–H and O–H groups in total. The minimum atomic E-state index is -0.256. The Morgan fingerprint density at radius 1 is 1.40 bits per heavy atom. The molecule has 0 fully saturated rings. The third kappa shape index (κ3) is 4.78. The standard InChI is InChI=1S/C15H23ClN2O2/c1-10(2)15(12-6-4-5-7-13(12)16)18-14(19)8-11(9-17)20-3/h4-7,10-11,15H,8-9,17H2,1-3H3,(H,18,19). The molecule has 5 heteroatoms. The van der Waals surface area contributed by atoms with E-state index in [9.17, 15) is 4.79 Å². The summed E-state index contributed by atoms with van der Waals surface area (Å²) in [6.07, 6.45) is -0.00483. The summed E-state index contributed by atoms with van der Waals surface area (Å²) in [6.45, 7) is 4.42. The number of ether oxygens (including phenoxy) is 1. The highest BCUT2D eigenvalue weighted by Crippen LogP contribution is 2.28. The molecule has 0 saturated carbocycles. The summed E-state index contributed by atoms with van der Waals surface area (Å²) in [6, 6.07) is 7.44. The van der Waals surface area contributed by atoms with E-state index in [1.165, 1.54) is 0 Å². The molecule has 0 aliphatic carbocycles. The van der Waals surface area contributed by atoms with Crippen molar-refractivity contribution in [1.82, 2.24) is 5.32 Å². The number of hydrogen-bond acceptors (Lipinski definition) is 3. The molecule has 2 atom stereocenters. The molecule has 0 radical (unpaired) electrons. The van der Waals surface area contributed by atoms with Crippen molar-refractivity contribution in [2.75, 3.05) is 13.7 Å². The zero-order chi connectivity index (χ0) is 15.1. The van der Waals surface area contributed by atoms with Crippen molar-refractivity contribution in [1.29, 1.82) is 0 Å². The molecule has 0 spiro atoms. The van der Waals surface area contributed by atoms with Crippen molar-refractivity contribution in [3.05, 3.63) is 34.9 Å². The second kappa shape index (κ2) is 8.25. The van der Waals surface area contributed by atoms with E-state index < -0.39 is 0 Å². The van der Waals surface area contributed by atoms with Crippen molar-refractivity contribution in [3.63, 3.8) is 0 Å². The summed E-state index contributed by atoms with van der Waals surface area (Å²) in [4.78, 5) is 12.1. The monoisotopic (exact) mass is 298 g/mol. The highest BCUT2D eigenvalue weighted by atomic mass is 35.5. The van der Waals surface area contributed by atoms with Crippen molar-refractivity contribution in [3.8, 4) is 0 Å². The second-order valence-electron chi connectivity index (χ2n) is 5.11. The molecule has 2 unspecified atom stereocenters. The van der Waals surface area contributed by atoms with Gasteiger partial charge in [0.2, 0.25) is 5.91 Å². The lowest BCUT2D eigenvalue weighted by Crippen LogP contribution is -2.36. The zero-order valence-electron chi connectivity index (χ0n) is 12.2. The van der Waals surface area contributed by atoms with Crippen molar-refractivity contribution < 1.29 is 9.53 Å². The molecular formula is C15H23ClN2O2. The van der Waals surface area contributed by atoms with Gasteiger partial charge < -0.3 is 15.8 Å². The van der Waals surface area contributed by atoms with Crippen molar-refractivity contribution >= 4 is 17.5 Å². The first-order valence-electron chi connectivity index (χ1n) is 6.76. The number of carbonyl (C=O) groups excluding carboxylic acids is 1. The van der Waals surface area contributed by atoms with E-state index in [4.69, 9.17) is 22.1 Å². The number of benzene rings is 1. The highest BCUT2D eigenvalue weighted by molar-refractivity contribution is 6.31. The van der Waals surface area contributed by atoms with E-state index >= 15 is 0 Å². The number of nitrogens with two attached hydrogens (primary N) is 1. The fraction of sp³-hybridized carbons (Fsp3) is 0.533. The normalized spacial score (nSPS) is 14.1. The van der Waals surface area contributed by atoms with Gasteiger partial charge in [0, 0.05) is 18.7 Å². The molecule has 1 aromatic carbocycles. The molecule has 0 bridgehead atoms. The van der Waals surface area contributed by atoms with Gasteiger partial charge in [-0.15, -0.1) is 0 Å². The predicted molar refractivity (Wildman–Crippen MR) is 81.6 cm³/mol. The smallest absolute Gasteiger partial charge is 0.223 e. The third-order valence-electron chi connectivity index (χ3n) is 3.23. The van der Waals surface area contributed by atoms with E-state index in [1.54, 1.807) is 7.11 Å². The Bertz CT molecular complexity index is 434. The van der Waals surface area contributed by atoms with E-state index in [-0.39, 0.29) is 30.4 Å². The van der Waals surface area contributed by atoms with Crippen LogP contribution in [0.3, 0.4) is 0 Å². The topological polar surface area (TPSA) is 64.3 Å². The van der Waals surface area contributed by atoms with Gasteiger partial charge in [-0.1, -0.05) is 43.6 Å². The lowest BCUT2D eigenvalue weighted by Gasteiger charge is -2.24. The molecule has 1 amide bonds. The zero-order valence-corrected chi connectivity index (χ0v) is 13.0. The fourth-order valence-electron chi connectivity index (χ4n) is 2.03. The Morgan fingerprint density at radius 3 is 2.55 bits per heavy atom. The number of carbonyl (C=O) groups is 1. The fourth-order valence-corrected chi connectivity index (χ4v) is 2.29. The van der Waals surface area contributed by atoms with E-state index in [1.807, 2.05) is 38.1 Å². The Labute approximate surface area is 125 Å². The Hall–Kier alpha value is -1.10. The van der Waals surface area contributed by atoms with Crippen LogP contribution in [-0.2, 0) is 9.53 Å². The maximum absolute atomic E-state index is 12.1. The van der Waals surface area contributed by atoms with E-state index in [0.717, 1.165) is 5.56 Å². The van der Waals surface area contributed by atoms with Crippen LogP contribution in [0, 0.1) is 5.92 Å². The first-order chi connectivity index (χ1) is 9.49. The van der Waals surface area contributed by atoms with E-state index in [2.05, 4.69) is 5.32 Å². The largest absolute Gasteiger partial charge is 0.380 e. The van der Waals surface area contributed by atoms with Crippen LogP contribution < -0.4 is 11.1 Å². The number of methoxy groups -OCH3 is 1. The Kier molecular flexibility index (Phi) is 6.99. The first kappa shape index (κ1) is 17.0. The van der Waals surface area contributed by atoms with Crippen LogP contribution in [0.5, 0.6) is 0 Å². The van der Waals surface area contributed by atoms with Crippen LogP contribution in [0.25, 0.3) is 0 Å². The van der Waals surface area contributed by atoms with Crippen LogP contribution in [0.4, 0.5) is 0 Å². The van der Waals surface area contributed by atoms with Crippen LogP contribution in [0.15, 0.2) is 24.3 Å². The maximum Gasteiger partial charge on any atom is 0.223 e. The third-order valence-corrected chi connectivity index (χ3v) is 3.58. The molecular weight excluding hydrogens is 276 g/mol. The molecule has 20 heavy (non-hydrogen) atoms. The number of rotatable bonds is 7. The van der Waals surface area contributed by atoms with Gasteiger partial charge in [-0.05, 0) is 17.5 Å².